The van der Waals surface area contributed by atoms with Crippen LogP contribution in [0.5, 0.6) is 0 Å². The minimum absolute atomic E-state index is 0.0574. The molecule has 5 rings (SSSR count). The molecule has 38 heavy (non-hydrogen) atoms. The van der Waals surface area contributed by atoms with Gasteiger partial charge in [-0.2, -0.15) is 5.10 Å². The number of allylic oxidation sites excluding steroid dienone is 1. The number of aliphatic hydroxyl groups excluding tert-OH is 1. The maximum Gasteiger partial charge on any atom is 0.265 e. The van der Waals surface area contributed by atoms with E-state index >= 15 is 0 Å². The van der Waals surface area contributed by atoms with E-state index in [2.05, 4.69) is 20.6 Å². The molecule has 2 amide bonds. The van der Waals surface area contributed by atoms with Gasteiger partial charge in [-0.05, 0) is 55.6 Å². The van der Waals surface area contributed by atoms with Crippen LogP contribution in [0.15, 0.2) is 42.1 Å². The molecule has 1 aromatic carbocycles. The van der Waals surface area contributed by atoms with Gasteiger partial charge < -0.3 is 26.9 Å². The zero-order valence-electron chi connectivity index (χ0n) is 21.4. The molecule has 0 radical (unpaired) electrons. The van der Waals surface area contributed by atoms with Crippen LogP contribution in [0.2, 0.25) is 0 Å². The molecular formula is C27H31N7O3S. The summed E-state index contributed by atoms with van der Waals surface area (Å²) in [6, 6.07) is 9.00. The summed E-state index contributed by atoms with van der Waals surface area (Å²) in [5.41, 5.74) is 9.61. The van der Waals surface area contributed by atoms with Crippen molar-refractivity contribution >= 4 is 40.4 Å². The van der Waals surface area contributed by atoms with E-state index in [1.165, 1.54) is 17.4 Å². The number of primary amides is 1. The summed E-state index contributed by atoms with van der Waals surface area (Å²) in [4.78, 5) is 29.1. The number of hydrogen-bond acceptors (Lipinski definition) is 8. The minimum Gasteiger partial charge on any atom is -0.388 e. The normalized spacial score (nSPS) is 17.1. The van der Waals surface area contributed by atoms with E-state index in [1.807, 2.05) is 24.7 Å². The van der Waals surface area contributed by atoms with E-state index in [9.17, 15) is 14.7 Å². The average molecular weight is 534 g/mol. The van der Waals surface area contributed by atoms with Crippen LogP contribution in [-0.2, 0) is 30.7 Å². The van der Waals surface area contributed by atoms with Crippen molar-refractivity contribution in [3.8, 4) is 0 Å². The van der Waals surface area contributed by atoms with Crippen LogP contribution in [0.3, 0.4) is 0 Å². The van der Waals surface area contributed by atoms with Gasteiger partial charge in [-0.15, -0.1) is 11.3 Å². The van der Waals surface area contributed by atoms with Crippen LogP contribution in [-0.4, -0.2) is 50.9 Å². The van der Waals surface area contributed by atoms with Gasteiger partial charge in [0.15, 0.2) is 5.82 Å². The Bertz CT molecular complexity index is 1450. The van der Waals surface area contributed by atoms with Crippen LogP contribution < -0.4 is 16.4 Å². The molecular weight excluding hydrogens is 502 g/mol. The SMILES string of the molecule is CCc1c(NC(=O)c2cc3c(s2)CCC3O)cccc1C(=N)/C=C(/Nc1cc2n(n1)CCN(C)C2)C(N)=O. The second kappa shape index (κ2) is 10.5. The van der Waals surface area contributed by atoms with Crippen molar-refractivity contribution < 1.29 is 14.7 Å². The molecule has 0 saturated carbocycles. The van der Waals surface area contributed by atoms with Gasteiger partial charge in [-0.25, -0.2) is 0 Å². The van der Waals surface area contributed by atoms with E-state index in [-0.39, 0.29) is 17.3 Å². The maximum atomic E-state index is 13.0. The summed E-state index contributed by atoms with van der Waals surface area (Å²) in [6.45, 7) is 4.35. The Labute approximate surface area is 224 Å². The van der Waals surface area contributed by atoms with Gasteiger partial charge in [0, 0.05) is 35.3 Å². The first-order chi connectivity index (χ1) is 18.2. The molecule has 11 heteroatoms. The van der Waals surface area contributed by atoms with Crippen molar-refractivity contribution in [2.24, 2.45) is 5.73 Å². The molecule has 3 aromatic rings. The third kappa shape index (κ3) is 5.13. The number of thiophene rings is 1. The van der Waals surface area contributed by atoms with Crippen molar-refractivity contribution in [2.45, 2.75) is 45.4 Å². The van der Waals surface area contributed by atoms with E-state index < -0.39 is 12.0 Å². The molecule has 1 atom stereocenters. The fraction of sp³-hybridized carbons (Fsp3) is 0.333. The number of nitrogens with one attached hydrogen (secondary N) is 3. The first-order valence-electron chi connectivity index (χ1n) is 12.6. The predicted octanol–water partition coefficient (Wildman–Crippen LogP) is 3.03. The van der Waals surface area contributed by atoms with E-state index in [0.717, 1.165) is 47.8 Å². The number of nitrogens with zero attached hydrogens (tertiary/aromatic N) is 3. The summed E-state index contributed by atoms with van der Waals surface area (Å²) in [5, 5.41) is 29.3. The lowest BCUT2D eigenvalue weighted by atomic mass is 9.98. The molecule has 1 aliphatic carbocycles. The molecule has 3 heterocycles. The van der Waals surface area contributed by atoms with Crippen LogP contribution in [0.25, 0.3) is 0 Å². The Morgan fingerprint density at radius 2 is 2.11 bits per heavy atom. The van der Waals surface area contributed by atoms with E-state index in [1.54, 1.807) is 24.3 Å². The van der Waals surface area contributed by atoms with Crippen LogP contribution >= 0.6 is 11.3 Å². The fourth-order valence-corrected chi connectivity index (χ4v) is 6.09. The largest absolute Gasteiger partial charge is 0.388 e. The smallest absolute Gasteiger partial charge is 0.265 e. The van der Waals surface area contributed by atoms with Crippen LogP contribution in [0.1, 0.15) is 56.4 Å². The Morgan fingerprint density at radius 3 is 2.84 bits per heavy atom. The number of anilines is 2. The van der Waals surface area contributed by atoms with Crippen molar-refractivity contribution in [3.05, 3.63) is 74.2 Å². The average Bonchev–Trinajstić information content (AvgIpc) is 3.58. The first-order valence-corrected chi connectivity index (χ1v) is 13.4. The number of benzene rings is 1. The highest BCUT2D eigenvalue weighted by atomic mass is 32.1. The highest BCUT2D eigenvalue weighted by Crippen LogP contribution is 2.37. The van der Waals surface area contributed by atoms with Gasteiger partial charge in [0.2, 0.25) is 0 Å². The minimum atomic E-state index is -0.701. The third-order valence-electron chi connectivity index (χ3n) is 6.94. The lowest BCUT2D eigenvalue weighted by molar-refractivity contribution is -0.114. The highest BCUT2D eigenvalue weighted by Gasteiger charge is 2.26. The van der Waals surface area contributed by atoms with Gasteiger partial charge in [0.05, 0.1) is 28.9 Å². The number of aliphatic hydroxyl groups is 1. The number of carbonyl (C=O) groups is 2. The molecule has 0 spiro atoms. The number of fused-ring (bicyclic) bond motifs is 2. The molecule has 1 aliphatic heterocycles. The van der Waals surface area contributed by atoms with Crippen molar-refractivity contribution in [3.63, 3.8) is 0 Å². The molecule has 0 fully saturated rings. The summed E-state index contributed by atoms with van der Waals surface area (Å²) >= 11 is 1.41. The molecule has 0 bridgehead atoms. The van der Waals surface area contributed by atoms with Gasteiger partial charge in [0.25, 0.3) is 11.8 Å². The summed E-state index contributed by atoms with van der Waals surface area (Å²) in [5.74, 6) is -0.453. The standard InChI is InChI=1S/C27H31N7O3S/c1-3-16-17(5-4-6-20(16)31-27(37)24-12-18-22(35)7-8-23(18)38-24)19(28)13-21(26(29)36)30-25-11-15-14-33(2)9-10-34(15)32-25/h4-6,11-13,22,28,35H,3,7-10,14H2,1-2H3,(H2,29,36)(H,30,32)(H,31,37)/b21-13+,28-19?. The maximum absolute atomic E-state index is 13.0. The van der Waals surface area contributed by atoms with E-state index in [4.69, 9.17) is 11.1 Å². The van der Waals surface area contributed by atoms with Gasteiger partial charge in [0.1, 0.15) is 5.70 Å². The number of rotatable bonds is 8. The monoisotopic (exact) mass is 533 g/mol. The molecule has 6 N–H and O–H groups in total. The molecule has 2 aliphatic rings. The number of aryl methyl sites for hydroxylation is 1. The Kier molecular flexibility index (Phi) is 7.15. The predicted molar refractivity (Wildman–Crippen MR) is 148 cm³/mol. The zero-order chi connectivity index (χ0) is 27.0. The number of likely N-dealkylation sites (N-methyl/N-ethyl adjacent to an activating group) is 1. The molecule has 2 aromatic heterocycles. The number of carbonyl (C=O) groups excluding carboxylic acids is 2. The zero-order valence-corrected chi connectivity index (χ0v) is 22.2. The topological polar surface area (TPSA) is 149 Å². The van der Waals surface area contributed by atoms with Crippen molar-refractivity contribution in [1.82, 2.24) is 14.7 Å². The molecule has 1 unspecified atom stereocenters. The first kappa shape index (κ1) is 25.8. The van der Waals surface area contributed by atoms with Crippen molar-refractivity contribution in [2.75, 3.05) is 24.2 Å². The van der Waals surface area contributed by atoms with Crippen molar-refractivity contribution in [1.29, 1.82) is 5.41 Å². The number of amides is 2. The van der Waals surface area contributed by atoms with Gasteiger partial charge in [-0.3, -0.25) is 19.2 Å². The summed E-state index contributed by atoms with van der Waals surface area (Å²) < 4.78 is 1.90. The lowest BCUT2D eigenvalue weighted by Gasteiger charge is -2.22. The Morgan fingerprint density at radius 1 is 1.29 bits per heavy atom. The van der Waals surface area contributed by atoms with Crippen LogP contribution in [0, 0.1) is 5.41 Å². The number of nitrogens with two attached hydrogens (primary N) is 1. The molecule has 198 valence electrons. The number of aromatic nitrogens is 2. The van der Waals surface area contributed by atoms with E-state index in [0.29, 0.717) is 34.8 Å². The number of hydrogen-bond donors (Lipinski definition) is 5. The summed E-state index contributed by atoms with van der Waals surface area (Å²) in [7, 11) is 2.04. The quantitative estimate of drug-likeness (QED) is 0.222. The summed E-state index contributed by atoms with van der Waals surface area (Å²) in [6.07, 6.45) is 2.93. The molecule has 10 nitrogen and oxygen atoms in total. The van der Waals surface area contributed by atoms with Crippen LogP contribution in [0.4, 0.5) is 11.5 Å². The Hall–Kier alpha value is -3.80. The van der Waals surface area contributed by atoms with Gasteiger partial charge in [-0.1, -0.05) is 19.1 Å². The fourth-order valence-electron chi connectivity index (χ4n) is 4.96. The molecule has 0 saturated heterocycles. The second-order valence-corrected chi connectivity index (χ2v) is 10.8. The highest BCUT2D eigenvalue weighted by molar-refractivity contribution is 7.14. The Balaban J connectivity index is 1.37. The van der Waals surface area contributed by atoms with Gasteiger partial charge >= 0.3 is 0 Å². The lowest BCUT2D eigenvalue weighted by Crippen LogP contribution is -2.30. The second-order valence-electron chi connectivity index (χ2n) is 9.63. The third-order valence-corrected chi connectivity index (χ3v) is 8.15.